The van der Waals surface area contributed by atoms with Crippen molar-refractivity contribution in [1.82, 2.24) is 5.06 Å². The van der Waals surface area contributed by atoms with Crippen LogP contribution in [-0.2, 0) is 14.3 Å². The van der Waals surface area contributed by atoms with E-state index in [2.05, 4.69) is 20.8 Å². The van der Waals surface area contributed by atoms with Crippen molar-refractivity contribution in [2.45, 2.75) is 51.4 Å². The number of rotatable bonds is 1. The van der Waals surface area contributed by atoms with Gasteiger partial charge in [-0.15, -0.1) is 0 Å². The highest BCUT2D eigenvalue weighted by Gasteiger charge is 2.60. The summed E-state index contributed by atoms with van der Waals surface area (Å²) in [6, 6.07) is 0.350. The van der Waals surface area contributed by atoms with E-state index in [9.17, 15) is 0 Å². The summed E-state index contributed by atoms with van der Waals surface area (Å²) in [5.74, 6) is 0.979. The van der Waals surface area contributed by atoms with Crippen molar-refractivity contribution < 1.29 is 14.3 Å². The molecule has 0 aromatic carbocycles. The summed E-state index contributed by atoms with van der Waals surface area (Å²) < 4.78 is 11.4. The number of likely N-dealkylation sites (N-methyl/N-ethyl adjacent to an activating group) is 1. The molecule has 0 aliphatic carbocycles. The van der Waals surface area contributed by atoms with Crippen LogP contribution in [0.15, 0.2) is 0 Å². The van der Waals surface area contributed by atoms with Gasteiger partial charge in [0.2, 0.25) is 0 Å². The molecule has 0 saturated carbocycles. The van der Waals surface area contributed by atoms with Crippen LogP contribution >= 0.6 is 0 Å². The zero-order chi connectivity index (χ0) is 10.7. The molecule has 0 bridgehead atoms. The first-order valence-corrected chi connectivity index (χ1v) is 5.80. The molecule has 3 heterocycles. The van der Waals surface area contributed by atoms with Crippen molar-refractivity contribution in [3.05, 3.63) is 0 Å². The molecule has 6 atom stereocenters. The first kappa shape index (κ1) is 10.0. The fraction of sp³-hybridized carbons (Fsp3) is 1.00. The molecule has 3 aliphatic heterocycles. The van der Waals surface area contributed by atoms with E-state index in [0.717, 1.165) is 0 Å². The van der Waals surface area contributed by atoms with Gasteiger partial charge in [0.05, 0.1) is 6.04 Å². The standard InChI is InChI=1S/C11H19NO3/c1-5(2)7-10-8(15-12(7)4)6(3)9-11(13-9)14-10/h5-11H,1-4H3/t6-,7+,8+,9+,10+,11-/m0/s1. The lowest BCUT2D eigenvalue weighted by atomic mass is 9.87. The third kappa shape index (κ3) is 1.35. The van der Waals surface area contributed by atoms with Crippen LogP contribution < -0.4 is 0 Å². The van der Waals surface area contributed by atoms with Crippen molar-refractivity contribution in [3.63, 3.8) is 0 Å². The largest absolute Gasteiger partial charge is 0.342 e. The summed E-state index contributed by atoms with van der Waals surface area (Å²) in [5.41, 5.74) is 0. The van der Waals surface area contributed by atoms with Gasteiger partial charge in [-0.05, 0) is 5.92 Å². The van der Waals surface area contributed by atoms with Crippen LogP contribution in [0.1, 0.15) is 20.8 Å². The molecule has 0 aromatic heterocycles. The van der Waals surface area contributed by atoms with Crippen molar-refractivity contribution in [3.8, 4) is 0 Å². The van der Waals surface area contributed by atoms with Gasteiger partial charge in [0.25, 0.3) is 0 Å². The fourth-order valence-electron chi connectivity index (χ4n) is 3.01. The number of hydrogen-bond acceptors (Lipinski definition) is 4. The zero-order valence-corrected chi connectivity index (χ0v) is 9.71. The van der Waals surface area contributed by atoms with Crippen molar-refractivity contribution >= 4 is 0 Å². The highest BCUT2D eigenvalue weighted by Crippen LogP contribution is 2.46. The van der Waals surface area contributed by atoms with Crippen molar-refractivity contribution in [2.75, 3.05) is 7.05 Å². The number of fused-ring (bicyclic) bond motifs is 2. The molecule has 4 nitrogen and oxygen atoms in total. The summed E-state index contributed by atoms with van der Waals surface area (Å²) in [6.45, 7) is 6.61. The van der Waals surface area contributed by atoms with Gasteiger partial charge < -0.3 is 9.47 Å². The molecule has 0 amide bonds. The lowest BCUT2D eigenvalue weighted by Crippen LogP contribution is -2.46. The Hall–Kier alpha value is -0.160. The Bertz CT molecular complexity index is 271. The minimum absolute atomic E-state index is 0.0394. The Morgan fingerprint density at radius 1 is 1.07 bits per heavy atom. The quantitative estimate of drug-likeness (QED) is 0.609. The van der Waals surface area contributed by atoms with Crippen LogP contribution in [0.4, 0.5) is 0 Å². The first-order chi connectivity index (χ1) is 7.09. The maximum absolute atomic E-state index is 5.91. The maximum Gasteiger partial charge on any atom is 0.185 e. The van der Waals surface area contributed by atoms with E-state index in [-0.39, 0.29) is 24.6 Å². The van der Waals surface area contributed by atoms with E-state index in [1.165, 1.54) is 0 Å². The number of epoxide rings is 1. The number of hydrogen-bond donors (Lipinski definition) is 0. The van der Waals surface area contributed by atoms with Crippen LogP contribution in [0.25, 0.3) is 0 Å². The average molecular weight is 213 g/mol. The summed E-state index contributed by atoms with van der Waals surface area (Å²) in [4.78, 5) is 5.88. The number of hydroxylamine groups is 2. The molecule has 0 spiro atoms. The van der Waals surface area contributed by atoms with Gasteiger partial charge in [-0.3, -0.25) is 4.84 Å². The van der Waals surface area contributed by atoms with E-state index in [0.29, 0.717) is 17.9 Å². The fourth-order valence-corrected chi connectivity index (χ4v) is 3.01. The highest BCUT2D eigenvalue weighted by molar-refractivity contribution is 5.02. The highest BCUT2D eigenvalue weighted by atomic mass is 16.8. The zero-order valence-electron chi connectivity index (χ0n) is 9.71. The summed E-state index contributed by atoms with van der Waals surface area (Å²) in [5, 5.41) is 1.97. The molecule has 3 fully saturated rings. The van der Waals surface area contributed by atoms with Gasteiger partial charge in [0.15, 0.2) is 6.29 Å². The van der Waals surface area contributed by atoms with Crippen LogP contribution in [-0.4, -0.2) is 42.8 Å². The smallest absolute Gasteiger partial charge is 0.185 e. The topological polar surface area (TPSA) is 34.2 Å². The third-order valence-electron chi connectivity index (χ3n) is 3.86. The summed E-state index contributed by atoms with van der Waals surface area (Å²) >= 11 is 0. The molecular weight excluding hydrogens is 194 g/mol. The molecule has 3 aliphatic rings. The molecule has 3 saturated heterocycles. The molecule has 0 N–H and O–H groups in total. The average Bonchev–Trinajstić information content (AvgIpc) is 2.83. The molecule has 0 aromatic rings. The van der Waals surface area contributed by atoms with Gasteiger partial charge >= 0.3 is 0 Å². The second kappa shape index (κ2) is 3.17. The van der Waals surface area contributed by atoms with E-state index in [4.69, 9.17) is 14.3 Å². The minimum Gasteiger partial charge on any atom is -0.342 e. The second-order valence-corrected chi connectivity index (χ2v) is 5.28. The van der Waals surface area contributed by atoms with Gasteiger partial charge in [-0.25, -0.2) is 0 Å². The van der Waals surface area contributed by atoms with Crippen molar-refractivity contribution in [1.29, 1.82) is 0 Å². The predicted molar refractivity (Wildman–Crippen MR) is 54.0 cm³/mol. The number of nitrogens with zero attached hydrogens (tertiary/aromatic N) is 1. The molecule has 86 valence electrons. The molecule has 4 heteroatoms. The van der Waals surface area contributed by atoms with Gasteiger partial charge in [0, 0.05) is 13.0 Å². The first-order valence-electron chi connectivity index (χ1n) is 5.80. The maximum atomic E-state index is 5.91. The Morgan fingerprint density at radius 2 is 1.73 bits per heavy atom. The van der Waals surface area contributed by atoms with E-state index < -0.39 is 0 Å². The molecule has 3 rings (SSSR count). The second-order valence-electron chi connectivity index (χ2n) is 5.28. The summed E-state index contributed by atoms with van der Waals surface area (Å²) in [7, 11) is 2.01. The lowest BCUT2D eigenvalue weighted by molar-refractivity contribution is -0.168. The molecular formula is C11H19NO3. The molecule has 0 unspecified atom stereocenters. The van der Waals surface area contributed by atoms with Crippen molar-refractivity contribution in [2.24, 2.45) is 11.8 Å². The van der Waals surface area contributed by atoms with E-state index >= 15 is 0 Å². The lowest BCUT2D eigenvalue weighted by Gasteiger charge is -2.29. The number of ether oxygens (including phenoxy) is 2. The third-order valence-corrected chi connectivity index (χ3v) is 3.86. The Balaban J connectivity index is 1.83. The van der Waals surface area contributed by atoms with Gasteiger partial charge in [-0.2, -0.15) is 5.06 Å². The SMILES string of the molecule is CC(C)[C@@H]1[C@H]2O[C@@H]3O[C@@H]3[C@@H](C)[C@H]2ON1C. The van der Waals surface area contributed by atoms with E-state index in [1.807, 2.05) is 12.1 Å². The Labute approximate surface area is 90.4 Å². The Morgan fingerprint density at radius 3 is 2.40 bits per heavy atom. The normalized spacial score (nSPS) is 54.2. The van der Waals surface area contributed by atoms with Crippen LogP contribution in [0.2, 0.25) is 0 Å². The molecule has 0 radical (unpaired) electrons. The monoisotopic (exact) mass is 213 g/mol. The Kier molecular flexibility index (Phi) is 2.12. The van der Waals surface area contributed by atoms with E-state index in [1.54, 1.807) is 0 Å². The van der Waals surface area contributed by atoms with Gasteiger partial charge in [-0.1, -0.05) is 20.8 Å². The minimum atomic E-state index is 0.0394. The molecule has 15 heavy (non-hydrogen) atoms. The summed E-state index contributed by atoms with van der Waals surface area (Å²) in [6.07, 6.45) is 0.656. The van der Waals surface area contributed by atoms with Crippen LogP contribution in [0.5, 0.6) is 0 Å². The van der Waals surface area contributed by atoms with Crippen LogP contribution in [0, 0.1) is 11.8 Å². The predicted octanol–water partition coefficient (Wildman–Crippen LogP) is 1.02. The van der Waals surface area contributed by atoms with Gasteiger partial charge in [0.1, 0.15) is 18.3 Å². The van der Waals surface area contributed by atoms with Crippen LogP contribution in [0.3, 0.4) is 0 Å².